The summed E-state index contributed by atoms with van der Waals surface area (Å²) in [6.07, 6.45) is 0. The third-order valence-electron chi connectivity index (χ3n) is 2.69. The largest absolute Gasteiger partial charge is 0.367 e. The van der Waals surface area contributed by atoms with Gasteiger partial charge in [-0.05, 0) is 24.6 Å². The summed E-state index contributed by atoms with van der Waals surface area (Å²) in [5, 5.41) is 1.44. The molecule has 2 N–H and O–H groups in total. The first-order valence-electron chi connectivity index (χ1n) is 5.53. The van der Waals surface area contributed by atoms with Crippen LogP contribution in [-0.4, -0.2) is 24.9 Å². The Hall–Kier alpha value is -0.380. The molecule has 0 fully saturated rings. The second-order valence-electron chi connectivity index (χ2n) is 4.26. The van der Waals surface area contributed by atoms with Crippen molar-refractivity contribution < 1.29 is 0 Å². The van der Waals surface area contributed by atoms with Crippen LogP contribution in [0.2, 0.25) is 5.02 Å². The van der Waals surface area contributed by atoms with Gasteiger partial charge >= 0.3 is 0 Å². The van der Waals surface area contributed by atoms with E-state index in [1.165, 1.54) is 16.1 Å². The zero-order valence-electron chi connectivity index (χ0n) is 9.66. The summed E-state index contributed by atoms with van der Waals surface area (Å²) in [4.78, 5) is 3.59. The van der Waals surface area contributed by atoms with Crippen LogP contribution >= 0.6 is 23.4 Å². The Morgan fingerprint density at radius 1 is 1.56 bits per heavy atom. The van der Waals surface area contributed by atoms with Crippen LogP contribution in [0, 0.1) is 6.92 Å². The zero-order chi connectivity index (χ0) is 11.7. The number of anilines is 1. The van der Waals surface area contributed by atoms with Gasteiger partial charge in [0.2, 0.25) is 0 Å². The molecular weight excluding hydrogens is 240 g/mol. The molecule has 0 bridgehead atoms. The van der Waals surface area contributed by atoms with Crippen molar-refractivity contribution in [3.63, 3.8) is 0 Å². The highest BCUT2D eigenvalue weighted by Gasteiger charge is 2.24. The normalized spacial score (nSPS) is 19.8. The molecule has 16 heavy (non-hydrogen) atoms. The summed E-state index contributed by atoms with van der Waals surface area (Å²) in [6.45, 7) is 6.89. The molecule has 4 heteroatoms. The van der Waals surface area contributed by atoms with Gasteiger partial charge in [0.05, 0.1) is 10.7 Å². The molecule has 1 heterocycles. The van der Waals surface area contributed by atoms with Crippen molar-refractivity contribution in [1.82, 2.24) is 0 Å². The Morgan fingerprint density at radius 3 is 3.00 bits per heavy atom. The van der Waals surface area contributed by atoms with E-state index in [4.69, 9.17) is 17.3 Å². The second-order valence-corrected chi connectivity index (χ2v) is 6.14. The van der Waals surface area contributed by atoms with Crippen LogP contribution in [-0.2, 0) is 0 Å². The van der Waals surface area contributed by atoms with Gasteiger partial charge in [-0.2, -0.15) is 0 Å². The van der Waals surface area contributed by atoms with E-state index in [1.807, 2.05) is 17.8 Å². The molecule has 88 valence electrons. The molecule has 0 radical (unpaired) electrons. The Bertz CT molecular complexity index is 395. The molecule has 0 amide bonds. The number of aryl methyl sites for hydroxylation is 1. The molecule has 1 aromatic carbocycles. The summed E-state index contributed by atoms with van der Waals surface area (Å²) < 4.78 is 0. The van der Waals surface area contributed by atoms with Crippen molar-refractivity contribution in [1.29, 1.82) is 0 Å². The molecule has 1 unspecified atom stereocenters. The molecular formula is C12H17ClN2S. The Labute approximate surface area is 106 Å². The Balaban J connectivity index is 2.44. The van der Waals surface area contributed by atoms with Crippen molar-refractivity contribution in [3.8, 4) is 0 Å². The predicted molar refractivity (Wildman–Crippen MR) is 72.8 cm³/mol. The van der Waals surface area contributed by atoms with E-state index < -0.39 is 0 Å². The van der Waals surface area contributed by atoms with Gasteiger partial charge in [-0.25, -0.2) is 0 Å². The Morgan fingerprint density at radius 2 is 2.31 bits per heavy atom. The predicted octanol–water partition coefficient (Wildman–Crippen LogP) is 2.91. The first-order chi connectivity index (χ1) is 7.61. The number of thioether (sulfide) groups is 1. The van der Waals surface area contributed by atoms with Crippen molar-refractivity contribution in [3.05, 3.63) is 22.7 Å². The van der Waals surface area contributed by atoms with Crippen LogP contribution in [0.25, 0.3) is 0 Å². The maximum atomic E-state index is 6.33. The van der Waals surface area contributed by atoms with Crippen LogP contribution in [0.1, 0.15) is 12.5 Å². The smallest absolute Gasteiger partial charge is 0.0694 e. The van der Waals surface area contributed by atoms with Crippen molar-refractivity contribution in [2.45, 2.75) is 24.0 Å². The van der Waals surface area contributed by atoms with Crippen molar-refractivity contribution in [2.75, 3.05) is 24.5 Å². The molecule has 1 aliphatic heterocycles. The van der Waals surface area contributed by atoms with E-state index in [9.17, 15) is 0 Å². The molecule has 0 aliphatic carbocycles. The van der Waals surface area contributed by atoms with Crippen LogP contribution in [0.3, 0.4) is 0 Å². The molecule has 0 saturated carbocycles. The minimum absolute atomic E-state index is 0.594. The quantitative estimate of drug-likeness (QED) is 0.882. The second kappa shape index (κ2) is 4.86. The number of halogens is 1. The monoisotopic (exact) mass is 256 g/mol. The lowest BCUT2D eigenvalue weighted by atomic mass is 10.2. The van der Waals surface area contributed by atoms with E-state index in [2.05, 4.69) is 24.8 Å². The number of nitrogens with two attached hydrogens (primary N) is 1. The van der Waals surface area contributed by atoms with Crippen LogP contribution in [0.5, 0.6) is 0 Å². The fourth-order valence-electron chi connectivity index (χ4n) is 2.11. The minimum Gasteiger partial charge on any atom is -0.367 e. The maximum Gasteiger partial charge on any atom is 0.0694 e. The Kier molecular flexibility index (Phi) is 3.67. The minimum atomic E-state index is 0.594. The maximum absolute atomic E-state index is 6.33. The number of rotatable bonds is 2. The zero-order valence-corrected chi connectivity index (χ0v) is 11.2. The van der Waals surface area contributed by atoms with Gasteiger partial charge in [-0.3, -0.25) is 0 Å². The van der Waals surface area contributed by atoms with E-state index in [0.717, 1.165) is 18.1 Å². The lowest BCUT2D eigenvalue weighted by molar-refractivity contribution is 0.753. The standard InChI is InChI=1S/C12H17ClN2S/c1-8-5-10(13)12-11(6-8)16-9(2)7-15(12)4-3-14/h5-6,9H,3-4,7,14H2,1-2H3. The fourth-order valence-corrected chi connectivity index (χ4v) is 3.86. The average molecular weight is 257 g/mol. The average Bonchev–Trinajstić information content (AvgIpc) is 2.15. The van der Waals surface area contributed by atoms with Gasteiger partial charge in [-0.1, -0.05) is 18.5 Å². The summed E-state index contributed by atoms with van der Waals surface area (Å²) >= 11 is 8.23. The van der Waals surface area contributed by atoms with E-state index in [1.54, 1.807) is 0 Å². The fraction of sp³-hybridized carbons (Fsp3) is 0.500. The highest BCUT2D eigenvalue weighted by Crippen LogP contribution is 2.43. The summed E-state index contributed by atoms with van der Waals surface area (Å²) in [6, 6.07) is 4.24. The molecule has 0 saturated heterocycles. The van der Waals surface area contributed by atoms with E-state index in [0.29, 0.717) is 11.8 Å². The molecule has 0 spiro atoms. The van der Waals surface area contributed by atoms with Gasteiger partial charge < -0.3 is 10.6 Å². The molecule has 1 aliphatic rings. The third-order valence-corrected chi connectivity index (χ3v) is 4.10. The number of hydrogen-bond acceptors (Lipinski definition) is 3. The first kappa shape index (κ1) is 12.1. The highest BCUT2D eigenvalue weighted by atomic mass is 35.5. The lowest BCUT2D eigenvalue weighted by Crippen LogP contribution is -2.37. The van der Waals surface area contributed by atoms with Crippen LogP contribution in [0.4, 0.5) is 5.69 Å². The number of benzene rings is 1. The molecule has 1 atom stereocenters. The first-order valence-corrected chi connectivity index (χ1v) is 6.79. The summed E-state index contributed by atoms with van der Waals surface area (Å²) in [7, 11) is 0. The number of fused-ring (bicyclic) bond motifs is 1. The molecule has 2 nitrogen and oxygen atoms in total. The highest BCUT2D eigenvalue weighted by molar-refractivity contribution is 8.00. The van der Waals surface area contributed by atoms with Gasteiger partial charge in [-0.15, -0.1) is 11.8 Å². The summed E-state index contributed by atoms with van der Waals surface area (Å²) in [5.74, 6) is 0. The van der Waals surface area contributed by atoms with Gasteiger partial charge in [0.1, 0.15) is 0 Å². The summed E-state index contributed by atoms with van der Waals surface area (Å²) in [5.41, 5.74) is 8.04. The SMILES string of the molecule is Cc1cc(Cl)c2c(c1)SC(C)CN2CCN. The van der Waals surface area contributed by atoms with Crippen molar-refractivity contribution >= 4 is 29.1 Å². The van der Waals surface area contributed by atoms with Crippen LogP contribution < -0.4 is 10.6 Å². The third kappa shape index (κ3) is 2.31. The van der Waals surface area contributed by atoms with Crippen LogP contribution in [0.15, 0.2) is 17.0 Å². The molecule has 1 aromatic rings. The molecule has 2 rings (SSSR count). The van der Waals surface area contributed by atoms with Crippen molar-refractivity contribution in [2.24, 2.45) is 5.73 Å². The van der Waals surface area contributed by atoms with E-state index >= 15 is 0 Å². The van der Waals surface area contributed by atoms with E-state index in [-0.39, 0.29) is 0 Å². The number of nitrogens with zero attached hydrogens (tertiary/aromatic N) is 1. The molecule has 0 aromatic heterocycles. The van der Waals surface area contributed by atoms with Gasteiger partial charge in [0, 0.05) is 29.8 Å². The topological polar surface area (TPSA) is 29.3 Å². The lowest BCUT2D eigenvalue weighted by Gasteiger charge is -2.35. The number of hydrogen-bond donors (Lipinski definition) is 1. The van der Waals surface area contributed by atoms with Gasteiger partial charge in [0.25, 0.3) is 0 Å². The van der Waals surface area contributed by atoms with Gasteiger partial charge in [0.15, 0.2) is 0 Å².